The topological polar surface area (TPSA) is 41.9 Å². The molecule has 2 fully saturated rings. The lowest BCUT2D eigenvalue weighted by atomic mass is 9.57. The van der Waals surface area contributed by atoms with Crippen LogP contribution >= 0.6 is 11.6 Å². The number of rotatable bonds is 2. The molecule has 1 saturated carbocycles. The van der Waals surface area contributed by atoms with Crippen LogP contribution in [0.2, 0.25) is 0 Å². The first-order valence-corrected chi connectivity index (χ1v) is 10.4. The highest BCUT2D eigenvalue weighted by molar-refractivity contribution is 6.18. The van der Waals surface area contributed by atoms with Crippen molar-refractivity contribution in [2.24, 2.45) is 5.92 Å². The van der Waals surface area contributed by atoms with Crippen molar-refractivity contribution in [3.63, 3.8) is 0 Å². The Labute approximate surface area is 165 Å². The summed E-state index contributed by atoms with van der Waals surface area (Å²) in [5, 5.41) is 10.3. The van der Waals surface area contributed by atoms with Gasteiger partial charge in [0.15, 0.2) is 17.6 Å². The Bertz CT molecular complexity index is 844. The van der Waals surface area contributed by atoms with E-state index in [4.69, 9.17) is 21.1 Å². The Morgan fingerprint density at radius 1 is 1.33 bits per heavy atom. The summed E-state index contributed by atoms with van der Waals surface area (Å²) in [6.45, 7) is 1.04. The van der Waals surface area contributed by atoms with E-state index in [0.717, 1.165) is 36.9 Å². The van der Waals surface area contributed by atoms with Gasteiger partial charge in [-0.3, -0.25) is 4.90 Å². The lowest BCUT2D eigenvalue weighted by Crippen LogP contribution is -2.58. The summed E-state index contributed by atoms with van der Waals surface area (Å²) in [5.74, 6) is 3.56. The summed E-state index contributed by atoms with van der Waals surface area (Å²) >= 11 is 5.40. The van der Waals surface area contributed by atoms with Crippen molar-refractivity contribution in [2.75, 3.05) is 26.6 Å². The summed E-state index contributed by atoms with van der Waals surface area (Å²) in [4.78, 5) is 2.44. The smallest absolute Gasteiger partial charge is 0.169 e. The number of alkyl halides is 1. The molecule has 2 bridgehead atoms. The first-order chi connectivity index (χ1) is 13.1. The van der Waals surface area contributed by atoms with Crippen molar-refractivity contribution in [2.45, 2.75) is 43.2 Å². The summed E-state index contributed by atoms with van der Waals surface area (Å²) in [6, 6.07) is 4.25. The molecule has 2 aliphatic heterocycles. The molecule has 2 heterocycles. The lowest BCUT2D eigenvalue weighted by Gasteiger charge is -2.52. The van der Waals surface area contributed by atoms with Crippen molar-refractivity contribution in [3.8, 4) is 11.5 Å². The molecule has 0 unspecified atom stereocenters. The maximum atomic E-state index is 10.3. The number of phenolic OH excluding ortho intramolecular Hbond substituents is 1. The fourth-order valence-corrected chi connectivity index (χ4v) is 5.53. The monoisotopic (exact) mass is 387 g/mol. The summed E-state index contributed by atoms with van der Waals surface area (Å²) in [5.41, 5.74) is 3.78. The Balaban J connectivity index is 0.000000280. The molecule has 1 saturated heterocycles. The van der Waals surface area contributed by atoms with Crippen LogP contribution in [0, 0.1) is 5.92 Å². The highest BCUT2D eigenvalue weighted by atomic mass is 35.5. The van der Waals surface area contributed by atoms with Gasteiger partial charge in [-0.25, -0.2) is 0 Å². The predicted octanol–water partition coefficient (Wildman–Crippen LogP) is 3.76. The molecular formula is C22H26ClNO3. The van der Waals surface area contributed by atoms with Crippen molar-refractivity contribution in [1.29, 1.82) is 0 Å². The molecule has 27 heavy (non-hydrogen) atoms. The van der Waals surface area contributed by atoms with Gasteiger partial charge in [0.2, 0.25) is 0 Å². The zero-order valence-electron chi connectivity index (χ0n) is 15.9. The molecule has 1 aromatic rings. The van der Waals surface area contributed by atoms with E-state index in [1.54, 1.807) is 13.2 Å². The zero-order chi connectivity index (χ0) is 18.8. The third-order valence-electron chi connectivity index (χ3n) is 6.87. The van der Waals surface area contributed by atoms with Crippen LogP contribution in [0.25, 0.3) is 0 Å². The zero-order valence-corrected chi connectivity index (χ0v) is 16.6. The number of phenols is 1. The number of likely N-dealkylation sites (tertiary alicyclic amines) is 1. The number of hydrogen-bond donors (Lipinski definition) is 1. The average Bonchev–Trinajstić information content (AvgIpc) is 3.46. The second-order valence-electron chi connectivity index (χ2n) is 8.36. The van der Waals surface area contributed by atoms with E-state index in [2.05, 4.69) is 24.1 Å². The molecule has 6 rings (SSSR count). The molecule has 5 aliphatic rings. The fourth-order valence-electron chi connectivity index (χ4n) is 5.22. The Morgan fingerprint density at radius 2 is 2.15 bits per heavy atom. The van der Waals surface area contributed by atoms with Gasteiger partial charge in [0, 0.05) is 17.5 Å². The number of piperidine rings is 1. The van der Waals surface area contributed by atoms with Crippen molar-refractivity contribution < 1.29 is 14.6 Å². The van der Waals surface area contributed by atoms with E-state index in [9.17, 15) is 5.11 Å². The molecule has 0 radical (unpaired) electrons. The summed E-state index contributed by atoms with van der Waals surface area (Å²) in [6.07, 6.45) is 8.86. The molecule has 144 valence electrons. The van der Waals surface area contributed by atoms with Gasteiger partial charge in [0.05, 0.1) is 12.5 Å². The van der Waals surface area contributed by atoms with Gasteiger partial charge in [-0.15, -0.1) is 11.6 Å². The number of nitrogens with zero attached hydrogens (tertiary/aromatic N) is 1. The number of hydrogen-bond acceptors (Lipinski definition) is 4. The number of halogens is 1. The van der Waals surface area contributed by atoms with Crippen molar-refractivity contribution >= 4 is 11.6 Å². The average molecular weight is 388 g/mol. The van der Waals surface area contributed by atoms with E-state index in [-0.39, 0.29) is 17.3 Å². The highest BCUT2D eigenvalue weighted by Gasteiger charge is 2.61. The Kier molecular flexibility index (Phi) is 3.99. The second-order valence-corrected chi connectivity index (χ2v) is 8.67. The molecule has 1 spiro atoms. The molecule has 4 nitrogen and oxygen atoms in total. The normalized spacial score (nSPS) is 32.4. The largest absolute Gasteiger partial charge is 0.504 e. The molecule has 5 heteroatoms. The molecule has 1 N–H and O–H groups in total. The van der Waals surface area contributed by atoms with Gasteiger partial charge in [-0.1, -0.05) is 12.1 Å². The second kappa shape index (κ2) is 6.18. The number of ether oxygens (including phenoxy) is 2. The van der Waals surface area contributed by atoms with E-state index >= 15 is 0 Å². The van der Waals surface area contributed by atoms with Crippen LogP contribution in [-0.2, 0) is 16.6 Å². The Morgan fingerprint density at radius 3 is 2.81 bits per heavy atom. The fraction of sp³-hybridized carbons (Fsp3) is 0.545. The number of benzene rings is 1. The van der Waals surface area contributed by atoms with Crippen LogP contribution in [0.3, 0.4) is 0 Å². The maximum absolute atomic E-state index is 10.3. The van der Waals surface area contributed by atoms with Crippen LogP contribution in [-0.4, -0.2) is 48.7 Å². The lowest BCUT2D eigenvalue weighted by molar-refractivity contribution is 0.0735. The minimum absolute atomic E-state index is 0.143. The molecule has 1 aromatic carbocycles. The van der Waals surface area contributed by atoms with Crippen LogP contribution in [0.5, 0.6) is 11.5 Å². The predicted molar refractivity (Wildman–Crippen MR) is 106 cm³/mol. The van der Waals surface area contributed by atoms with Crippen LogP contribution < -0.4 is 4.74 Å². The first-order valence-electron chi connectivity index (χ1n) is 9.84. The summed E-state index contributed by atoms with van der Waals surface area (Å²) < 4.78 is 11.8. The van der Waals surface area contributed by atoms with Gasteiger partial charge in [-0.05, 0) is 68.5 Å². The van der Waals surface area contributed by atoms with Gasteiger partial charge in [0.1, 0.15) is 5.76 Å². The Hall–Kier alpha value is -1.65. The van der Waals surface area contributed by atoms with E-state index in [0.29, 0.717) is 11.8 Å². The highest BCUT2D eigenvalue weighted by Crippen LogP contribution is 2.62. The van der Waals surface area contributed by atoms with Gasteiger partial charge in [-0.2, -0.15) is 0 Å². The van der Waals surface area contributed by atoms with E-state index < -0.39 is 0 Å². The SMILES string of the molecule is COC1=CC=C2[C@H]3Cc4ccc(O)c5c4[C@@]2(CCN3C)[C@H]1O5.ClCC1CC1. The third kappa shape index (κ3) is 2.39. The minimum atomic E-state index is -0.154. The standard InChI is InChI=1S/C18H19NO3.C4H7Cl/c1-19-8-7-18-11-4-6-14(21-2)17(18)22-16-13(20)5-3-10(15(16)18)9-12(11)19;5-3-4-1-2-4/h3-6,12,17,20H,7-9H2,1-2H3;4H,1-3H2/t12-,17+,18+;/m1./s1. The number of methoxy groups -OCH3 is 1. The molecule has 0 amide bonds. The van der Waals surface area contributed by atoms with Gasteiger partial charge >= 0.3 is 0 Å². The van der Waals surface area contributed by atoms with Gasteiger partial charge < -0.3 is 14.6 Å². The minimum Gasteiger partial charge on any atom is -0.504 e. The van der Waals surface area contributed by atoms with Crippen LogP contribution in [0.4, 0.5) is 0 Å². The third-order valence-corrected chi connectivity index (χ3v) is 7.30. The quantitative estimate of drug-likeness (QED) is 0.784. The van der Waals surface area contributed by atoms with Crippen molar-refractivity contribution in [1.82, 2.24) is 4.90 Å². The van der Waals surface area contributed by atoms with Crippen LogP contribution in [0.15, 0.2) is 35.6 Å². The maximum Gasteiger partial charge on any atom is 0.169 e. The van der Waals surface area contributed by atoms with Gasteiger partial charge in [0.25, 0.3) is 0 Å². The number of allylic oxidation sites excluding steroid dienone is 2. The van der Waals surface area contributed by atoms with E-state index in [1.807, 2.05) is 6.08 Å². The molecule has 3 atom stereocenters. The molecule has 3 aliphatic carbocycles. The van der Waals surface area contributed by atoms with E-state index in [1.165, 1.54) is 29.5 Å². The first kappa shape index (κ1) is 17.4. The van der Waals surface area contributed by atoms with Crippen molar-refractivity contribution in [3.05, 3.63) is 46.7 Å². The number of aromatic hydroxyl groups is 1. The molecule has 0 aromatic heterocycles. The molecular weight excluding hydrogens is 362 g/mol. The number of likely N-dealkylation sites (N-methyl/N-ethyl adjacent to an activating group) is 1. The summed E-state index contributed by atoms with van der Waals surface area (Å²) in [7, 11) is 3.90. The van der Waals surface area contributed by atoms with Crippen LogP contribution in [0.1, 0.15) is 30.4 Å².